The summed E-state index contributed by atoms with van der Waals surface area (Å²) in [4.78, 5) is 16.0. The molecule has 8 heteroatoms. The predicted octanol–water partition coefficient (Wildman–Crippen LogP) is 2.28. The smallest absolute Gasteiger partial charge is 0.394 e. The van der Waals surface area contributed by atoms with Crippen LogP contribution in [-0.4, -0.2) is 19.1 Å². The van der Waals surface area contributed by atoms with E-state index in [-0.39, 0.29) is 11.7 Å². The van der Waals surface area contributed by atoms with Crippen molar-refractivity contribution in [3.63, 3.8) is 0 Å². The Labute approximate surface area is 117 Å². The van der Waals surface area contributed by atoms with E-state index >= 15 is 0 Å². The summed E-state index contributed by atoms with van der Waals surface area (Å²) in [6.45, 7) is 3.46. The lowest BCUT2D eigenvalue weighted by atomic mass is 10.1. The molecule has 0 fully saturated rings. The molecular formula is C12H18NO6P. The van der Waals surface area contributed by atoms with Crippen LogP contribution in [0.25, 0.3) is 0 Å². The molecular weight excluding hydrogens is 285 g/mol. The molecule has 0 spiro atoms. The second kappa shape index (κ2) is 7.40. The molecule has 20 heavy (non-hydrogen) atoms. The lowest BCUT2D eigenvalue weighted by molar-refractivity contribution is -0.198. The Hall–Kier alpha value is -1.40. The first-order chi connectivity index (χ1) is 9.38. The molecule has 1 aromatic carbocycles. The molecule has 7 nitrogen and oxygen atoms in total. The summed E-state index contributed by atoms with van der Waals surface area (Å²) >= 11 is 0. The van der Waals surface area contributed by atoms with E-state index in [9.17, 15) is 9.36 Å². The Morgan fingerprint density at radius 1 is 1.25 bits per heavy atom. The second-order valence-electron chi connectivity index (χ2n) is 4.27. The summed E-state index contributed by atoms with van der Waals surface area (Å²) in [5.74, 6) is -0.870. The van der Waals surface area contributed by atoms with E-state index in [2.05, 4.69) is 9.56 Å². The Bertz CT molecular complexity index is 478. The van der Waals surface area contributed by atoms with E-state index in [0.717, 1.165) is 7.11 Å². The van der Waals surface area contributed by atoms with Crippen molar-refractivity contribution in [2.75, 3.05) is 7.11 Å². The molecule has 1 unspecified atom stereocenters. The molecule has 0 saturated carbocycles. The van der Waals surface area contributed by atoms with Crippen molar-refractivity contribution in [1.82, 2.24) is 0 Å². The van der Waals surface area contributed by atoms with Gasteiger partial charge in [0, 0.05) is 0 Å². The average molecular weight is 303 g/mol. The van der Waals surface area contributed by atoms with Crippen LogP contribution in [0.2, 0.25) is 0 Å². The van der Waals surface area contributed by atoms with Gasteiger partial charge in [0.2, 0.25) is 0 Å². The monoisotopic (exact) mass is 303 g/mol. The van der Waals surface area contributed by atoms with Gasteiger partial charge in [-0.15, -0.1) is 4.67 Å². The maximum atomic E-state index is 12.3. The van der Waals surface area contributed by atoms with Crippen LogP contribution < -0.4 is 10.3 Å². The van der Waals surface area contributed by atoms with Gasteiger partial charge >= 0.3 is 13.8 Å². The maximum Gasteiger partial charge on any atom is 0.618 e. The van der Waals surface area contributed by atoms with E-state index in [4.69, 9.17) is 14.8 Å². The number of carbonyl (C=O) groups is 1. The fourth-order valence-electron chi connectivity index (χ4n) is 1.19. The Morgan fingerprint density at radius 3 is 2.35 bits per heavy atom. The highest BCUT2D eigenvalue weighted by Crippen LogP contribution is 2.49. The summed E-state index contributed by atoms with van der Waals surface area (Å²) in [6, 6.07) is 7.19. The van der Waals surface area contributed by atoms with Gasteiger partial charge in [-0.2, -0.15) is 0 Å². The minimum absolute atomic E-state index is 0.185. The van der Waals surface area contributed by atoms with E-state index in [1.807, 2.05) is 0 Å². The molecule has 112 valence electrons. The summed E-state index contributed by atoms with van der Waals surface area (Å²) < 4.78 is 26.5. The van der Waals surface area contributed by atoms with Crippen LogP contribution in [0, 0.1) is 5.92 Å². The molecule has 0 aliphatic rings. The Balaban J connectivity index is 2.81. The first kappa shape index (κ1) is 16.7. The molecule has 0 amide bonds. The van der Waals surface area contributed by atoms with Crippen LogP contribution in [0.15, 0.2) is 30.3 Å². The average Bonchev–Trinajstić information content (AvgIpc) is 2.38. The van der Waals surface area contributed by atoms with Crippen LogP contribution in [0.3, 0.4) is 0 Å². The van der Waals surface area contributed by atoms with E-state index in [1.54, 1.807) is 32.0 Å². The van der Waals surface area contributed by atoms with Gasteiger partial charge in [-0.3, -0.25) is 0 Å². The van der Waals surface area contributed by atoms with Crippen LogP contribution in [0.1, 0.15) is 13.8 Å². The molecule has 2 atom stereocenters. The van der Waals surface area contributed by atoms with Crippen molar-refractivity contribution in [3.05, 3.63) is 30.3 Å². The molecule has 0 saturated heterocycles. The van der Waals surface area contributed by atoms with Gasteiger partial charge in [-0.05, 0) is 18.1 Å². The minimum Gasteiger partial charge on any atom is -0.394 e. The normalized spacial score (nSPS) is 15.4. The fourth-order valence-corrected chi connectivity index (χ4v) is 2.20. The third-order valence-corrected chi connectivity index (χ3v) is 3.49. The molecule has 1 aromatic rings. The molecule has 0 aromatic heterocycles. The van der Waals surface area contributed by atoms with Crippen molar-refractivity contribution in [1.29, 1.82) is 0 Å². The van der Waals surface area contributed by atoms with Gasteiger partial charge < -0.3 is 14.8 Å². The van der Waals surface area contributed by atoms with Crippen LogP contribution in [-0.2, 0) is 23.4 Å². The second-order valence-corrected chi connectivity index (χ2v) is 5.68. The van der Waals surface area contributed by atoms with Gasteiger partial charge in [0.05, 0.1) is 7.11 Å². The third-order valence-electron chi connectivity index (χ3n) is 2.32. The highest BCUT2D eigenvalue weighted by molar-refractivity contribution is 7.49. The zero-order chi connectivity index (χ0) is 15.2. The lowest BCUT2D eigenvalue weighted by Gasteiger charge is -2.19. The zero-order valence-corrected chi connectivity index (χ0v) is 12.4. The van der Waals surface area contributed by atoms with Crippen molar-refractivity contribution >= 4 is 13.8 Å². The van der Waals surface area contributed by atoms with Gasteiger partial charge in [-0.25, -0.2) is 14.2 Å². The lowest BCUT2D eigenvalue weighted by Crippen LogP contribution is -2.36. The highest BCUT2D eigenvalue weighted by atomic mass is 31.2. The third kappa shape index (κ3) is 4.94. The van der Waals surface area contributed by atoms with Crippen molar-refractivity contribution in [2.24, 2.45) is 11.7 Å². The summed E-state index contributed by atoms with van der Waals surface area (Å²) in [6.07, 6.45) is 0. The molecule has 1 rings (SSSR count). The fraction of sp³-hybridized carbons (Fsp3) is 0.417. The first-order valence-electron chi connectivity index (χ1n) is 5.94. The Morgan fingerprint density at radius 2 is 1.85 bits per heavy atom. The number of para-hydroxylation sites is 1. The largest absolute Gasteiger partial charge is 0.618 e. The van der Waals surface area contributed by atoms with Crippen molar-refractivity contribution in [3.8, 4) is 5.75 Å². The Kier molecular flexibility index (Phi) is 6.16. The standard InChI is InChI=1S/C12H18NO6P/c1-9(2)11(13)12(14)18-20(15,19-16-3)17-10-7-5-4-6-8-10/h4-9,11H,13H2,1-3H3/t11-,20?/m0/s1. The van der Waals surface area contributed by atoms with Gasteiger partial charge in [0.15, 0.2) is 0 Å². The highest BCUT2D eigenvalue weighted by Gasteiger charge is 2.37. The number of benzene rings is 1. The van der Waals surface area contributed by atoms with Crippen LogP contribution >= 0.6 is 7.82 Å². The first-order valence-corrected chi connectivity index (χ1v) is 7.40. The van der Waals surface area contributed by atoms with Crippen molar-refractivity contribution in [2.45, 2.75) is 19.9 Å². The molecule has 0 aliphatic carbocycles. The number of nitrogens with two attached hydrogens (primary N) is 1. The number of phosphoric acid groups is 1. The zero-order valence-electron chi connectivity index (χ0n) is 11.5. The van der Waals surface area contributed by atoms with Crippen LogP contribution in [0.5, 0.6) is 5.75 Å². The van der Waals surface area contributed by atoms with Gasteiger partial charge in [0.25, 0.3) is 0 Å². The molecule has 0 radical (unpaired) electrons. The molecule has 0 aliphatic heterocycles. The number of hydrogen-bond acceptors (Lipinski definition) is 7. The van der Waals surface area contributed by atoms with Gasteiger partial charge in [-0.1, -0.05) is 32.0 Å². The number of phosphoric ester groups is 1. The van der Waals surface area contributed by atoms with E-state index in [0.29, 0.717) is 0 Å². The predicted molar refractivity (Wildman–Crippen MR) is 71.7 cm³/mol. The summed E-state index contributed by atoms with van der Waals surface area (Å²) in [5.41, 5.74) is 5.61. The van der Waals surface area contributed by atoms with Crippen molar-refractivity contribution < 1.29 is 28.0 Å². The van der Waals surface area contributed by atoms with Crippen LogP contribution in [0.4, 0.5) is 0 Å². The minimum atomic E-state index is -4.24. The number of rotatable bonds is 7. The van der Waals surface area contributed by atoms with Gasteiger partial charge in [0.1, 0.15) is 11.8 Å². The van der Waals surface area contributed by atoms with E-state index < -0.39 is 19.8 Å². The quantitative estimate of drug-likeness (QED) is 0.469. The molecule has 0 bridgehead atoms. The topological polar surface area (TPSA) is 97.1 Å². The summed E-state index contributed by atoms with van der Waals surface area (Å²) in [5, 5.41) is 0. The molecule has 0 heterocycles. The summed E-state index contributed by atoms with van der Waals surface area (Å²) in [7, 11) is -3.12. The number of carbonyl (C=O) groups excluding carboxylic acids is 1. The SMILES string of the molecule is COOP(=O)(OC(=O)[C@@H](N)C(C)C)Oc1ccccc1. The maximum absolute atomic E-state index is 12.3. The van der Waals surface area contributed by atoms with E-state index in [1.165, 1.54) is 12.1 Å². The molecule has 2 N–H and O–H groups in total. The number of hydrogen-bond donors (Lipinski definition) is 1.